The Morgan fingerprint density at radius 3 is 1.00 bits per heavy atom. The zero-order chi connectivity index (χ0) is 0. The van der Waals surface area contributed by atoms with Crippen molar-refractivity contribution in [2.45, 2.75) is 0 Å². The summed E-state index contributed by atoms with van der Waals surface area (Å²) in [7, 11) is 0. The molecule has 0 heterocycles. The maximum Gasteiger partial charge on any atom is 0 e. The summed E-state index contributed by atoms with van der Waals surface area (Å²) < 4.78 is 0. The predicted octanol–water partition coefficient (Wildman–Crippen LogP) is -0.769. The summed E-state index contributed by atoms with van der Waals surface area (Å²) in [6.45, 7) is 0. The first kappa shape index (κ1) is 65.9. The summed E-state index contributed by atoms with van der Waals surface area (Å²) in [6.07, 6.45) is 0. The molecule has 0 spiro atoms. The van der Waals surface area contributed by atoms with E-state index in [0.717, 1.165) is 0 Å². The Kier molecular flexibility index (Phi) is 512. The van der Waals surface area contributed by atoms with Crippen molar-refractivity contribution < 1.29 is 53.0 Å². The monoisotopic (exact) mass is 216 g/mol. The van der Waals surface area contributed by atoms with Crippen LogP contribution in [0.3, 0.4) is 0 Å². The second-order valence-corrected chi connectivity index (χ2v) is 0. The molecule has 0 fully saturated rings. The second-order valence-electron chi connectivity index (χ2n) is 0. The molecule has 0 amide bonds. The molecule has 0 saturated heterocycles. The van der Waals surface area contributed by atoms with Crippen molar-refractivity contribution in [2.75, 3.05) is 0 Å². The van der Waals surface area contributed by atoms with Gasteiger partial charge in [-0.1, -0.05) is 0 Å². The topological polar surface area (TPSA) is 0 Å². The summed E-state index contributed by atoms with van der Waals surface area (Å²) in [5.74, 6) is 0. The van der Waals surface area contributed by atoms with Gasteiger partial charge in [-0.3, -0.25) is 0 Å². The smallest absolute Gasteiger partial charge is 0 e. The van der Waals surface area contributed by atoms with Crippen LogP contribution in [0.5, 0.6) is 0 Å². The fourth-order valence-corrected chi connectivity index (χ4v) is 0. The zero-order valence-corrected chi connectivity index (χ0v) is 8.61. The Hall–Kier alpha value is 1.92. The third-order valence-corrected chi connectivity index (χ3v) is 0. The Labute approximate surface area is 72.0 Å². The van der Waals surface area contributed by atoms with Crippen molar-refractivity contribution in [3.63, 3.8) is 0 Å². The molecule has 0 N–H and O–H groups in total. The molecule has 5 heavy (non-hydrogen) atoms. The number of hydrogen-bond acceptors (Lipinski definition) is 0. The number of hydrogen-bond donors (Lipinski definition) is 0. The summed E-state index contributed by atoms with van der Waals surface area (Å²) in [4.78, 5) is 0. The molecule has 0 atom stereocenters. The summed E-state index contributed by atoms with van der Waals surface area (Å²) >= 11 is 0. The van der Waals surface area contributed by atoms with Crippen molar-refractivity contribution in [3.8, 4) is 0 Å². The van der Waals surface area contributed by atoms with Gasteiger partial charge in [0.2, 0.25) is 0 Å². The Bertz CT molecular complexity index is 11.6. The average molecular weight is 218 g/mol. The van der Waals surface area contributed by atoms with E-state index >= 15 is 0 Å². The van der Waals surface area contributed by atoms with E-state index < -0.39 is 0 Å². The molecule has 0 aliphatic heterocycles. The van der Waals surface area contributed by atoms with Crippen LogP contribution in [0.1, 0.15) is 0 Å². The Morgan fingerprint density at radius 2 is 1.00 bits per heavy atom. The van der Waals surface area contributed by atoms with Crippen LogP contribution in [-0.4, -0.2) is 19.4 Å². The van der Waals surface area contributed by atoms with Crippen LogP contribution < -0.4 is 0 Å². The zero-order valence-electron chi connectivity index (χ0n) is 2.48. The SMILES string of the molecule is [B].[Mn].[Ni].[Si].[Zn]. The van der Waals surface area contributed by atoms with Crippen LogP contribution >= 0.6 is 0 Å². The first-order chi connectivity index (χ1) is 0. The van der Waals surface area contributed by atoms with Crippen molar-refractivity contribution in [3.05, 3.63) is 0 Å². The quantitative estimate of drug-likeness (QED) is 0.468. The fraction of sp³-hybridized carbons (Fsp3) is 0. The summed E-state index contributed by atoms with van der Waals surface area (Å²) in [5.41, 5.74) is 0. The first-order valence-electron chi connectivity index (χ1n) is 0. The van der Waals surface area contributed by atoms with Crippen molar-refractivity contribution >= 4 is 19.4 Å². The fourth-order valence-electron chi connectivity index (χ4n) is 0. The normalized spacial score (nSPS) is 0. The first-order valence-corrected chi connectivity index (χ1v) is 0. The van der Waals surface area contributed by atoms with Gasteiger partial charge in [0.15, 0.2) is 0 Å². The van der Waals surface area contributed by atoms with E-state index in [9.17, 15) is 0 Å². The maximum absolute atomic E-state index is 0. The minimum absolute atomic E-state index is 0. The van der Waals surface area contributed by atoms with E-state index in [1.807, 2.05) is 0 Å². The molecule has 0 aliphatic carbocycles. The van der Waals surface area contributed by atoms with Gasteiger partial charge in [-0.2, -0.15) is 0 Å². The van der Waals surface area contributed by atoms with Gasteiger partial charge in [0.25, 0.3) is 0 Å². The predicted molar refractivity (Wildman–Crippen MR) is 11.5 cm³/mol. The molecule has 0 aromatic carbocycles. The molecule has 0 unspecified atom stereocenters. The van der Waals surface area contributed by atoms with Crippen LogP contribution in [0.25, 0.3) is 0 Å². The summed E-state index contributed by atoms with van der Waals surface area (Å²) in [6, 6.07) is 0. The minimum atomic E-state index is 0. The molecule has 0 bridgehead atoms. The van der Waals surface area contributed by atoms with Crippen molar-refractivity contribution in [1.29, 1.82) is 0 Å². The van der Waals surface area contributed by atoms with E-state index in [2.05, 4.69) is 0 Å². The maximum atomic E-state index is 0. The van der Waals surface area contributed by atoms with E-state index in [4.69, 9.17) is 0 Å². The third kappa shape index (κ3) is 24.7. The van der Waals surface area contributed by atoms with Crippen molar-refractivity contribution in [1.82, 2.24) is 0 Å². The third-order valence-electron chi connectivity index (χ3n) is 0. The summed E-state index contributed by atoms with van der Waals surface area (Å²) in [5, 5.41) is 0. The Balaban J connectivity index is 0. The van der Waals surface area contributed by atoms with Crippen LogP contribution in [-0.2, 0) is 53.0 Å². The van der Waals surface area contributed by atoms with Gasteiger partial charge in [0.05, 0.1) is 0 Å². The van der Waals surface area contributed by atoms with Crippen molar-refractivity contribution in [2.24, 2.45) is 0 Å². The largest absolute Gasteiger partial charge is 0 e. The number of rotatable bonds is 0. The average Bonchev–Trinajstić information content (AvgIpc) is 0. The van der Waals surface area contributed by atoms with Gasteiger partial charge < -0.3 is 0 Å². The molecule has 0 saturated carbocycles. The van der Waals surface area contributed by atoms with E-state index in [-0.39, 0.29) is 72.4 Å². The van der Waals surface area contributed by atoms with Gasteiger partial charge in [-0.05, 0) is 0 Å². The van der Waals surface area contributed by atoms with Gasteiger partial charge in [0.1, 0.15) is 0 Å². The van der Waals surface area contributed by atoms with Gasteiger partial charge in [0, 0.05) is 72.4 Å². The molecule has 0 aromatic rings. The van der Waals surface area contributed by atoms with Gasteiger partial charge in [-0.15, -0.1) is 0 Å². The van der Waals surface area contributed by atoms with Gasteiger partial charge >= 0.3 is 0 Å². The van der Waals surface area contributed by atoms with Crippen LogP contribution in [0.2, 0.25) is 0 Å². The molecule has 5 heteroatoms. The molecule has 0 rings (SSSR count). The van der Waals surface area contributed by atoms with E-state index in [0.29, 0.717) is 0 Å². The van der Waals surface area contributed by atoms with Crippen LogP contribution in [0.15, 0.2) is 0 Å². The van der Waals surface area contributed by atoms with Gasteiger partial charge in [-0.25, -0.2) is 0 Å². The van der Waals surface area contributed by atoms with Crippen LogP contribution in [0.4, 0.5) is 0 Å². The molecular weight excluding hydrogens is 218 g/mol. The Morgan fingerprint density at radius 1 is 1.00 bits per heavy atom. The van der Waals surface area contributed by atoms with E-state index in [1.54, 1.807) is 0 Å². The molecule has 0 aliphatic rings. The molecule has 0 nitrogen and oxygen atoms in total. The minimum Gasteiger partial charge on any atom is 0 e. The molecular formula is BMnNiSiZn. The standard InChI is InChI=1S/B.Mn.Ni.Si.Zn. The molecule has 8 radical (unpaired) electrons. The second kappa shape index (κ2) is 38.9. The molecule has 26 valence electrons. The van der Waals surface area contributed by atoms with E-state index in [1.165, 1.54) is 0 Å². The molecule has 0 aromatic heterocycles. The van der Waals surface area contributed by atoms with Crippen LogP contribution in [0, 0.1) is 0 Å².